The second-order valence-corrected chi connectivity index (χ2v) is 5.86. The van der Waals surface area contributed by atoms with Crippen molar-refractivity contribution < 1.29 is 9.53 Å². The van der Waals surface area contributed by atoms with Crippen molar-refractivity contribution in [1.29, 1.82) is 0 Å². The molecule has 0 aliphatic rings. The monoisotopic (exact) mass is 322 g/mol. The van der Waals surface area contributed by atoms with Crippen LogP contribution in [0.3, 0.4) is 0 Å². The first-order valence-corrected chi connectivity index (χ1v) is 8.14. The minimum absolute atomic E-state index is 0.0243. The molecule has 0 saturated heterocycles. The summed E-state index contributed by atoms with van der Waals surface area (Å²) in [4.78, 5) is 14.4. The van der Waals surface area contributed by atoms with E-state index in [4.69, 9.17) is 4.74 Å². The Morgan fingerprint density at radius 3 is 2.42 bits per heavy atom. The van der Waals surface area contributed by atoms with Gasteiger partial charge in [-0.05, 0) is 25.7 Å². The molecule has 24 heavy (non-hydrogen) atoms. The van der Waals surface area contributed by atoms with E-state index in [1.54, 1.807) is 11.5 Å². The molecule has 0 spiro atoms. The Labute approximate surface area is 142 Å². The molecule has 0 aliphatic heterocycles. The van der Waals surface area contributed by atoms with Crippen LogP contribution >= 0.6 is 0 Å². The van der Waals surface area contributed by atoms with Crippen molar-refractivity contribution in [2.75, 3.05) is 20.3 Å². The summed E-state index contributed by atoms with van der Waals surface area (Å²) in [7, 11) is 2.01. The highest BCUT2D eigenvalue weighted by Crippen LogP contribution is 2.40. The smallest absolute Gasteiger partial charge is 0.228 e. The first kappa shape index (κ1) is 16.3. The quantitative estimate of drug-likeness (QED) is 0.658. The van der Waals surface area contributed by atoms with Gasteiger partial charge in [-0.2, -0.15) is 0 Å². The van der Waals surface area contributed by atoms with Crippen molar-refractivity contribution in [3.05, 3.63) is 54.6 Å². The summed E-state index contributed by atoms with van der Waals surface area (Å²) in [5.41, 5.74) is 2.66. The fraction of sp³-hybridized carbons (Fsp3) is 0.250. The third-order valence-corrected chi connectivity index (χ3v) is 4.16. The predicted octanol–water partition coefficient (Wildman–Crippen LogP) is 4.26. The maximum Gasteiger partial charge on any atom is 0.228 e. The van der Waals surface area contributed by atoms with E-state index in [-0.39, 0.29) is 5.91 Å². The second-order valence-electron chi connectivity index (χ2n) is 5.86. The number of para-hydroxylation sites is 1. The van der Waals surface area contributed by atoms with E-state index >= 15 is 0 Å². The van der Waals surface area contributed by atoms with Crippen LogP contribution in [0.4, 0.5) is 0 Å². The van der Waals surface area contributed by atoms with Crippen LogP contribution in [0.2, 0.25) is 0 Å². The van der Waals surface area contributed by atoms with Crippen molar-refractivity contribution in [3.8, 4) is 17.0 Å². The highest BCUT2D eigenvalue weighted by Gasteiger charge is 2.22. The molecule has 3 rings (SSSR count). The number of hydrogen-bond acceptors (Lipinski definition) is 3. The summed E-state index contributed by atoms with van der Waals surface area (Å²) in [6, 6.07) is 17.8. The summed E-state index contributed by atoms with van der Waals surface area (Å²) in [5.74, 6) is 0.732. The molecule has 2 aromatic carbocycles. The number of nitrogens with zero attached hydrogens (tertiary/aromatic N) is 2. The molecule has 0 saturated carbocycles. The molecule has 1 aromatic heterocycles. The molecule has 0 amide bonds. The lowest BCUT2D eigenvalue weighted by Crippen LogP contribution is -2.23. The van der Waals surface area contributed by atoms with E-state index in [9.17, 15) is 4.79 Å². The highest BCUT2D eigenvalue weighted by atomic mass is 16.5. The lowest BCUT2D eigenvalue weighted by molar-refractivity contribution is 0.0942. The molecule has 0 bridgehead atoms. The fourth-order valence-corrected chi connectivity index (χ4v) is 2.81. The van der Waals surface area contributed by atoms with Gasteiger partial charge in [0.2, 0.25) is 5.91 Å². The van der Waals surface area contributed by atoms with Gasteiger partial charge < -0.3 is 4.74 Å². The van der Waals surface area contributed by atoms with Gasteiger partial charge in [-0.1, -0.05) is 49.4 Å². The van der Waals surface area contributed by atoms with E-state index in [1.807, 2.05) is 61.6 Å². The van der Waals surface area contributed by atoms with Crippen molar-refractivity contribution in [3.63, 3.8) is 0 Å². The van der Waals surface area contributed by atoms with Gasteiger partial charge in [0, 0.05) is 17.9 Å². The van der Waals surface area contributed by atoms with Crippen molar-refractivity contribution in [2.45, 2.75) is 13.8 Å². The Balaban J connectivity index is 2.25. The lowest BCUT2D eigenvalue weighted by atomic mass is 10.1. The van der Waals surface area contributed by atoms with Gasteiger partial charge in [0.25, 0.3) is 0 Å². The Hall–Kier alpha value is -2.59. The summed E-state index contributed by atoms with van der Waals surface area (Å²) < 4.78 is 7.88. The van der Waals surface area contributed by atoms with E-state index in [1.165, 1.54) is 0 Å². The first-order valence-electron chi connectivity index (χ1n) is 8.14. The summed E-state index contributed by atoms with van der Waals surface area (Å²) in [6.45, 7) is 5.04. The largest absolute Gasteiger partial charge is 0.475 e. The van der Waals surface area contributed by atoms with Gasteiger partial charge >= 0.3 is 0 Å². The average molecular weight is 322 g/mol. The molecule has 4 nitrogen and oxygen atoms in total. The molecule has 0 unspecified atom stereocenters. The maximum atomic E-state index is 12.4. The molecule has 124 valence electrons. The number of rotatable bonds is 5. The molecule has 4 heteroatoms. The SMILES string of the molecule is CCN(C)COc1c(-c2ccccc2)n(C(C)=O)c2ccccc12. The van der Waals surface area contributed by atoms with E-state index < -0.39 is 0 Å². The zero-order chi connectivity index (χ0) is 17.1. The number of hydrogen-bond donors (Lipinski definition) is 0. The zero-order valence-corrected chi connectivity index (χ0v) is 14.3. The Morgan fingerprint density at radius 2 is 1.75 bits per heavy atom. The summed E-state index contributed by atoms with van der Waals surface area (Å²) >= 11 is 0. The molecule has 0 aliphatic carbocycles. The average Bonchev–Trinajstić information content (AvgIpc) is 2.95. The van der Waals surface area contributed by atoms with Gasteiger partial charge in [0.15, 0.2) is 5.75 Å². The fourth-order valence-electron chi connectivity index (χ4n) is 2.81. The Morgan fingerprint density at radius 1 is 1.08 bits per heavy atom. The van der Waals surface area contributed by atoms with Crippen molar-refractivity contribution >= 4 is 16.8 Å². The standard InChI is InChI=1S/C20H22N2O2/c1-4-21(3)14-24-20-17-12-8-9-13-18(17)22(15(2)23)19(20)16-10-6-5-7-11-16/h5-13H,4,14H2,1-3H3. The molecule has 0 atom stereocenters. The molecule has 1 heterocycles. The summed E-state index contributed by atoms with van der Waals surface area (Å²) in [6.07, 6.45) is 0. The molecule has 0 radical (unpaired) electrons. The third-order valence-electron chi connectivity index (χ3n) is 4.16. The molecule has 0 fully saturated rings. The van der Waals surface area contributed by atoms with E-state index in [2.05, 4.69) is 11.8 Å². The van der Waals surface area contributed by atoms with Gasteiger partial charge in [-0.25, -0.2) is 0 Å². The van der Waals surface area contributed by atoms with Crippen LogP contribution in [0.1, 0.15) is 18.6 Å². The van der Waals surface area contributed by atoms with Crippen LogP contribution in [0.15, 0.2) is 54.6 Å². The molecule has 0 N–H and O–H groups in total. The topological polar surface area (TPSA) is 34.5 Å². The van der Waals surface area contributed by atoms with Crippen LogP contribution in [0, 0.1) is 0 Å². The molecule has 3 aromatic rings. The third kappa shape index (κ3) is 2.93. The van der Waals surface area contributed by atoms with Crippen LogP contribution in [0.25, 0.3) is 22.2 Å². The normalized spacial score (nSPS) is 11.2. The van der Waals surface area contributed by atoms with Gasteiger partial charge in [0.05, 0.1) is 11.2 Å². The second kappa shape index (κ2) is 6.89. The lowest BCUT2D eigenvalue weighted by Gasteiger charge is -2.16. The number of fused-ring (bicyclic) bond motifs is 1. The minimum Gasteiger partial charge on any atom is -0.475 e. The summed E-state index contributed by atoms with van der Waals surface area (Å²) in [5, 5.41) is 0.955. The maximum absolute atomic E-state index is 12.4. The Kier molecular flexibility index (Phi) is 4.67. The van der Waals surface area contributed by atoms with Crippen LogP contribution < -0.4 is 4.74 Å². The van der Waals surface area contributed by atoms with Crippen LogP contribution in [-0.4, -0.2) is 35.7 Å². The minimum atomic E-state index is -0.0243. The zero-order valence-electron chi connectivity index (χ0n) is 14.3. The van der Waals surface area contributed by atoms with Gasteiger partial charge in [-0.3, -0.25) is 14.3 Å². The van der Waals surface area contributed by atoms with Crippen LogP contribution in [-0.2, 0) is 0 Å². The van der Waals surface area contributed by atoms with Gasteiger partial charge in [0.1, 0.15) is 6.73 Å². The number of benzene rings is 2. The molecular formula is C20H22N2O2. The van der Waals surface area contributed by atoms with E-state index in [0.717, 1.165) is 34.5 Å². The van der Waals surface area contributed by atoms with Crippen molar-refractivity contribution in [2.24, 2.45) is 0 Å². The van der Waals surface area contributed by atoms with Gasteiger partial charge in [-0.15, -0.1) is 0 Å². The first-order chi connectivity index (χ1) is 11.6. The molecular weight excluding hydrogens is 300 g/mol. The van der Waals surface area contributed by atoms with Crippen molar-refractivity contribution in [1.82, 2.24) is 9.47 Å². The predicted molar refractivity (Wildman–Crippen MR) is 97.5 cm³/mol. The number of ether oxygens (including phenoxy) is 1. The Bertz CT molecular complexity index is 853. The highest BCUT2D eigenvalue weighted by molar-refractivity contribution is 6.03. The number of aromatic nitrogens is 1. The number of carbonyl (C=O) groups is 1. The van der Waals surface area contributed by atoms with Crippen LogP contribution in [0.5, 0.6) is 5.75 Å². The van der Waals surface area contributed by atoms with E-state index in [0.29, 0.717) is 6.73 Å². The number of carbonyl (C=O) groups excluding carboxylic acids is 1.